The Morgan fingerprint density at radius 2 is 0.523 bits per heavy atom. The summed E-state index contributed by atoms with van der Waals surface area (Å²) in [5.74, 6) is 0.0456. The molecule has 0 saturated carbocycles. The van der Waals surface area contributed by atoms with Crippen LogP contribution < -0.4 is 0 Å². The maximum absolute atomic E-state index is 13.0. The van der Waals surface area contributed by atoms with Crippen molar-refractivity contribution in [1.82, 2.24) is 0 Å². The lowest BCUT2D eigenvalue weighted by Gasteiger charge is -2.21. The van der Waals surface area contributed by atoms with Crippen molar-refractivity contribution in [3.05, 3.63) is 0 Å². The molecule has 0 amide bonds. The average Bonchev–Trinajstić information content (AvgIpc) is 3.57. The largest absolute Gasteiger partial charge is 0.472 e. The third kappa shape index (κ3) is 62.8. The van der Waals surface area contributed by atoms with Gasteiger partial charge in [0.05, 0.1) is 26.4 Å². The first-order valence-corrected chi connectivity index (χ1v) is 38.8. The van der Waals surface area contributed by atoms with E-state index in [1.54, 1.807) is 0 Å². The Balaban J connectivity index is 5.25. The monoisotopic (exact) mass is 1300 g/mol. The lowest BCUT2D eigenvalue weighted by Crippen LogP contribution is -2.30. The Kier molecular flexibility index (Phi) is 58.7. The minimum Gasteiger partial charge on any atom is -0.462 e. The molecule has 3 N–H and O–H groups in total. The highest BCUT2D eigenvalue weighted by atomic mass is 31.2. The predicted molar refractivity (Wildman–Crippen MR) is 354 cm³/mol. The van der Waals surface area contributed by atoms with Gasteiger partial charge in [-0.25, -0.2) is 9.13 Å². The number of rotatable bonds is 67. The van der Waals surface area contributed by atoms with Crippen LogP contribution in [-0.4, -0.2) is 96.7 Å². The molecule has 0 aliphatic heterocycles. The van der Waals surface area contributed by atoms with Gasteiger partial charge in [-0.15, -0.1) is 0 Å². The summed E-state index contributed by atoms with van der Waals surface area (Å²) < 4.78 is 68.2. The zero-order valence-corrected chi connectivity index (χ0v) is 59.0. The van der Waals surface area contributed by atoms with Gasteiger partial charge in [-0.05, 0) is 43.4 Å². The van der Waals surface area contributed by atoms with Crippen molar-refractivity contribution in [2.75, 3.05) is 39.6 Å². The zero-order chi connectivity index (χ0) is 65.2. The summed E-state index contributed by atoms with van der Waals surface area (Å²) in [5.41, 5.74) is 0. The van der Waals surface area contributed by atoms with Crippen LogP contribution in [0.1, 0.15) is 344 Å². The molecule has 0 radical (unpaired) electrons. The highest BCUT2D eigenvalue weighted by molar-refractivity contribution is 7.47. The second-order valence-corrected chi connectivity index (χ2v) is 29.3. The van der Waals surface area contributed by atoms with Crippen LogP contribution in [0.3, 0.4) is 0 Å². The van der Waals surface area contributed by atoms with E-state index in [-0.39, 0.29) is 25.7 Å². The van der Waals surface area contributed by atoms with E-state index in [0.717, 1.165) is 108 Å². The van der Waals surface area contributed by atoms with Crippen molar-refractivity contribution in [3.63, 3.8) is 0 Å². The number of aliphatic hydroxyl groups is 1. The van der Waals surface area contributed by atoms with Crippen molar-refractivity contribution in [1.29, 1.82) is 0 Å². The third-order valence-corrected chi connectivity index (χ3v) is 17.8. The molecule has 0 spiro atoms. The second kappa shape index (κ2) is 60.0. The molecular weight excluding hydrogens is 1160 g/mol. The summed E-state index contributed by atoms with van der Waals surface area (Å²) in [6.45, 7) is 11.7. The first kappa shape index (κ1) is 86.1. The van der Waals surface area contributed by atoms with Gasteiger partial charge in [0.1, 0.15) is 19.3 Å². The molecule has 0 aliphatic rings. The molecule has 0 fully saturated rings. The van der Waals surface area contributed by atoms with Crippen LogP contribution in [0.4, 0.5) is 0 Å². The molecule has 0 saturated heterocycles. The van der Waals surface area contributed by atoms with Gasteiger partial charge in [-0.1, -0.05) is 292 Å². The lowest BCUT2D eigenvalue weighted by molar-refractivity contribution is -0.161. The van der Waals surface area contributed by atoms with E-state index in [1.165, 1.54) is 148 Å². The molecule has 17 nitrogen and oxygen atoms in total. The fourth-order valence-corrected chi connectivity index (χ4v) is 11.9. The summed E-state index contributed by atoms with van der Waals surface area (Å²) in [7, 11) is -9.90. The molecule has 0 rings (SSSR count). The fraction of sp³-hybridized carbons (Fsp3) is 0.942. The maximum Gasteiger partial charge on any atom is 0.472 e. The number of aliphatic hydroxyl groups excluding tert-OH is 1. The fourth-order valence-electron chi connectivity index (χ4n) is 10.4. The highest BCUT2D eigenvalue weighted by Gasteiger charge is 2.30. The zero-order valence-electron chi connectivity index (χ0n) is 57.2. The van der Waals surface area contributed by atoms with Crippen molar-refractivity contribution >= 4 is 39.5 Å². The number of carbonyl (C=O) groups is 4. The molecule has 0 bridgehead atoms. The normalized spacial score (nSPS) is 14.2. The highest BCUT2D eigenvalue weighted by Crippen LogP contribution is 2.45. The second-order valence-electron chi connectivity index (χ2n) is 26.3. The van der Waals surface area contributed by atoms with Gasteiger partial charge in [0, 0.05) is 25.7 Å². The van der Waals surface area contributed by atoms with E-state index in [2.05, 4.69) is 48.5 Å². The Morgan fingerprint density at radius 1 is 0.307 bits per heavy atom. The Morgan fingerprint density at radius 3 is 0.773 bits per heavy atom. The average molecular weight is 1300 g/mol. The Hall–Kier alpha value is -1.94. The van der Waals surface area contributed by atoms with Gasteiger partial charge in [-0.3, -0.25) is 37.3 Å². The van der Waals surface area contributed by atoms with Crippen molar-refractivity contribution in [2.45, 2.75) is 362 Å². The first-order valence-electron chi connectivity index (χ1n) is 35.8. The van der Waals surface area contributed by atoms with E-state index in [1.807, 2.05) is 0 Å². The smallest absolute Gasteiger partial charge is 0.462 e. The number of hydrogen-bond acceptors (Lipinski definition) is 15. The van der Waals surface area contributed by atoms with Crippen molar-refractivity contribution in [2.24, 2.45) is 17.8 Å². The van der Waals surface area contributed by atoms with Gasteiger partial charge < -0.3 is 33.8 Å². The lowest BCUT2D eigenvalue weighted by atomic mass is 10.0. The first-order chi connectivity index (χ1) is 42.2. The summed E-state index contributed by atoms with van der Waals surface area (Å²) in [6.07, 6.45) is 43.2. The van der Waals surface area contributed by atoms with Gasteiger partial charge in [0.25, 0.3) is 0 Å². The Labute approximate surface area is 537 Å². The summed E-state index contributed by atoms with van der Waals surface area (Å²) in [5, 5.41) is 10.6. The van der Waals surface area contributed by atoms with E-state index in [9.17, 15) is 43.2 Å². The molecule has 2 unspecified atom stereocenters. The maximum atomic E-state index is 13.0. The molecular formula is C69H134O17P2. The molecule has 0 aromatic carbocycles. The number of phosphoric acid groups is 2. The summed E-state index contributed by atoms with van der Waals surface area (Å²) in [6, 6.07) is 0. The van der Waals surface area contributed by atoms with E-state index < -0.39 is 97.5 Å². The van der Waals surface area contributed by atoms with Gasteiger partial charge in [0.15, 0.2) is 12.2 Å². The number of carbonyl (C=O) groups excluding carboxylic acids is 4. The Bertz CT molecular complexity index is 1730. The van der Waals surface area contributed by atoms with Crippen LogP contribution in [0.5, 0.6) is 0 Å². The van der Waals surface area contributed by atoms with Crippen molar-refractivity contribution < 1.29 is 80.2 Å². The van der Waals surface area contributed by atoms with Crippen molar-refractivity contribution in [3.8, 4) is 0 Å². The van der Waals surface area contributed by atoms with Crippen LogP contribution in [-0.2, 0) is 65.4 Å². The van der Waals surface area contributed by atoms with Crippen LogP contribution >= 0.6 is 15.6 Å². The molecule has 0 aromatic heterocycles. The number of esters is 4. The third-order valence-electron chi connectivity index (χ3n) is 15.9. The van der Waals surface area contributed by atoms with Crippen LogP contribution in [0.25, 0.3) is 0 Å². The van der Waals surface area contributed by atoms with E-state index >= 15 is 0 Å². The number of phosphoric ester groups is 2. The van der Waals surface area contributed by atoms with Crippen LogP contribution in [0.15, 0.2) is 0 Å². The molecule has 5 atom stereocenters. The van der Waals surface area contributed by atoms with Crippen LogP contribution in [0.2, 0.25) is 0 Å². The number of unbranched alkanes of at least 4 members (excludes halogenated alkanes) is 35. The number of ether oxygens (including phenoxy) is 4. The standard InChI is InChI=1S/C69H134O17P2/c1-8-9-10-11-12-13-14-15-16-17-24-29-38-45-52-68(73)85-64(56-79-66(71)50-43-36-28-23-19-18-21-26-33-40-47-60(2)3)58-83-87(75,76)81-54-63(70)55-82-88(77,78)84-59-65(57-80-67(72)51-44-37-32-31-35-42-49-62(6)7)86-69(74)53-46-39-30-25-20-22-27-34-41-48-61(4)5/h60-65,70H,8-59H2,1-7H3,(H,75,76)(H,77,78)/t63-,64-,65-/m1/s1. The topological polar surface area (TPSA) is 237 Å². The molecule has 522 valence electrons. The minimum absolute atomic E-state index is 0.104. The van der Waals surface area contributed by atoms with Gasteiger partial charge in [-0.2, -0.15) is 0 Å². The predicted octanol–water partition coefficient (Wildman–Crippen LogP) is 19.5. The van der Waals surface area contributed by atoms with Gasteiger partial charge >= 0.3 is 39.5 Å². The van der Waals surface area contributed by atoms with Crippen LogP contribution in [0, 0.1) is 17.8 Å². The quantitative estimate of drug-likeness (QED) is 0.0222. The minimum atomic E-state index is -4.95. The van der Waals surface area contributed by atoms with E-state index in [4.69, 9.17) is 37.0 Å². The molecule has 0 aromatic rings. The molecule has 19 heteroatoms. The molecule has 88 heavy (non-hydrogen) atoms. The summed E-state index contributed by atoms with van der Waals surface area (Å²) in [4.78, 5) is 72.5. The number of hydrogen-bond donors (Lipinski definition) is 3. The van der Waals surface area contributed by atoms with Gasteiger partial charge in [0.2, 0.25) is 0 Å². The summed E-state index contributed by atoms with van der Waals surface area (Å²) >= 11 is 0. The molecule has 0 heterocycles. The molecule has 0 aliphatic carbocycles. The SMILES string of the molecule is CCCCCCCCCCCCCCCCC(=O)O[C@H](COC(=O)CCCCCCCCCCCCC(C)C)COP(=O)(O)OC[C@@H](O)COP(=O)(O)OC[C@@H](COC(=O)CCCCCCCCC(C)C)OC(=O)CCCCCCCCCCCC(C)C. The van der Waals surface area contributed by atoms with E-state index in [0.29, 0.717) is 31.6 Å².